The summed E-state index contributed by atoms with van der Waals surface area (Å²) < 4.78 is 1.81. The van der Waals surface area contributed by atoms with E-state index in [0.717, 1.165) is 16.4 Å². The molecule has 2 heterocycles. The van der Waals surface area contributed by atoms with Gasteiger partial charge in [0.1, 0.15) is 16.8 Å². The highest BCUT2D eigenvalue weighted by Gasteiger charge is 2.38. The van der Waals surface area contributed by atoms with Crippen molar-refractivity contribution in [3.8, 4) is 5.69 Å². The molecule has 0 saturated carbocycles. The maximum Gasteiger partial charge on any atom is 0.326 e. The number of aromatic nitrogens is 2. The van der Waals surface area contributed by atoms with Crippen LogP contribution in [0.1, 0.15) is 26.0 Å². The molecule has 24 heavy (non-hydrogen) atoms. The van der Waals surface area contributed by atoms with Crippen molar-refractivity contribution in [3.05, 3.63) is 36.0 Å². The number of benzene rings is 1. The first kappa shape index (κ1) is 16.6. The first-order valence-electron chi connectivity index (χ1n) is 7.93. The summed E-state index contributed by atoms with van der Waals surface area (Å²) in [4.78, 5) is 25.5. The lowest BCUT2D eigenvalue weighted by molar-refractivity contribution is -0.140. The first-order chi connectivity index (χ1) is 11.6. The monoisotopic (exact) mass is 345 g/mol. The van der Waals surface area contributed by atoms with Gasteiger partial charge in [-0.05, 0) is 25.0 Å². The summed E-state index contributed by atoms with van der Waals surface area (Å²) in [5.74, 6) is -0.944. The molecule has 126 valence electrons. The molecule has 1 N–H and O–H groups in total. The lowest BCUT2D eigenvalue weighted by Gasteiger charge is -2.32. The van der Waals surface area contributed by atoms with Gasteiger partial charge in [-0.3, -0.25) is 9.69 Å². The fraction of sp³-hybridized carbons (Fsp3) is 0.353. The third-order valence-electron chi connectivity index (χ3n) is 4.05. The molecule has 7 heteroatoms. The molecule has 1 atom stereocenters. The van der Waals surface area contributed by atoms with E-state index in [4.69, 9.17) is 0 Å². The minimum absolute atomic E-state index is 0.177. The zero-order valence-corrected chi connectivity index (χ0v) is 14.4. The van der Waals surface area contributed by atoms with Gasteiger partial charge in [-0.2, -0.15) is 5.10 Å². The quantitative estimate of drug-likeness (QED) is 0.902. The molecule has 6 nitrogen and oxygen atoms in total. The summed E-state index contributed by atoms with van der Waals surface area (Å²) in [6.45, 7) is 3.74. The van der Waals surface area contributed by atoms with Gasteiger partial charge in [0.2, 0.25) is 5.91 Å². The van der Waals surface area contributed by atoms with Crippen molar-refractivity contribution in [1.82, 2.24) is 9.78 Å². The van der Waals surface area contributed by atoms with Crippen LogP contribution in [-0.2, 0) is 16.0 Å². The van der Waals surface area contributed by atoms with E-state index in [9.17, 15) is 14.7 Å². The van der Waals surface area contributed by atoms with Crippen molar-refractivity contribution < 1.29 is 14.7 Å². The zero-order chi connectivity index (χ0) is 17.3. The SMILES string of the molecule is CCc1nn(-c2ccccc2)c2c1N(C(CC)C(=O)O)C(=O)CS2. The number of thioether (sulfide) groups is 1. The standard InChI is InChI=1S/C17H19N3O3S/c1-3-12-15-16(20(18-12)11-8-6-5-7-9-11)24-10-14(21)19(15)13(4-2)17(22)23/h5-9,13H,3-4,10H2,1-2H3,(H,22,23). The predicted molar refractivity (Wildman–Crippen MR) is 92.9 cm³/mol. The maximum atomic E-state index is 12.5. The highest BCUT2D eigenvalue weighted by molar-refractivity contribution is 8.00. The number of anilines is 1. The van der Waals surface area contributed by atoms with E-state index < -0.39 is 12.0 Å². The van der Waals surface area contributed by atoms with E-state index in [0.29, 0.717) is 18.5 Å². The summed E-state index contributed by atoms with van der Waals surface area (Å²) in [6, 6.07) is 8.82. The van der Waals surface area contributed by atoms with E-state index in [-0.39, 0.29) is 11.7 Å². The van der Waals surface area contributed by atoms with Gasteiger partial charge in [0.25, 0.3) is 0 Å². The van der Waals surface area contributed by atoms with Crippen LogP contribution in [0.25, 0.3) is 5.69 Å². The number of rotatable bonds is 5. The van der Waals surface area contributed by atoms with Gasteiger partial charge < -0.3 is 5.11 Å². The normalized spacial score (nSPS) is 15.2. The van der Waals surface area contributed by atoms with E-state index in [1.165, 1.54) is 16.7 Å². The lowest BCUT2D eigenvalue weighted by atomic mass is 10.1. The number of hydrogen-bond donors (Lipinski definition) is 1. The molecule has 0 saturated heterocycles. The molecular weight excluding hydrogens is 326 g/mol. The molecule has 0 spiro atoms. The Labute approximate surface area is 144 Å². The van der Waals surface area contributed by atoms with Gasteiger partial charge in [0, 0.05) is 0 Å². The van der Waals surface area contributed by atoms with Crippen LogP contribution >= 0.6 is 11.8 Å². The van der Waals surface area contributed by atoms with Crippen LogP contribution in [0, 0.1) is 0 Å². The van der Waals surface area contributed by atoms with Crippen molar-refractivity contribution in [2.75, 3.05) is 10.7 Å². The van der Waals surface area contributed by atoms with Crippen LogP contribution in [0.15, 0.2) is 35.4 Å². The number of carboxylic acids is 1. The smallest absolute Gasteiger partial charge is 0.326 e. The van der Waals surface area contributed by atoms with Crippen LogP contribution in [0.4, 0.5) is 5.69 Å². The van der Waals surface area contributed by atoms with Crippen molar-refractivity contribution >= 4 is 29.3 Å². The number of hydrogen-bond acceptors (Lipinski definition) is 4. The molecule has 1 unspecified atom stereocenters. The van der Waals surface area contributed by atoms with Gasteiger partial charge in [-0.25, -0.2) is 9.48 Å². The van der Waals surface area contributed by atoms with Crippen molar-refractivity contribution in [2.24, 2.45) is 0 Å². The number of amides is 1. The van der Waals surface area contributed by atoms with Crippen molar-refractivity contribution in [1.29, 1.82) is 0 Å². The molecule has 0 aliphatic carbocycles. The van der Waals surface area contributed by atoms with Crippen LogP contribution in [0.2, 0.25) is 0 Å². The molecule has 2 aromatic rings. The van der Waals surface area contributed by atoms with Gasteiger partial charge >= 0.3 is 5.97 Å². The molecule has 3 rings (SSSR count). The molecule has 1 amide bonds. The molecule has 0 radical (unpaired) electrons. The fourth-order valence-corrected chi connectivity index (χ4v) is 3.93. The van der Waals surface area contributed by atoms with E-state index >= 15 is 0 Å². The second-order valence-corrected chi connectivity index (χ2v) is 6.48. The molecule has 1 aromatic heterocycles. The molecule has 0 bridgehead atoms. The Kier molecular flexibility index (Phi) is 4.62. The lowest BCUT2D eigenvalue weighted by Crippen LogP contribution is -2.47. The summed E-state index contributed by atoms with van der Waals surface area (Å²) >= 11 is 1.41. The Morgan fingerprint density at radius 1 is 1.33 bits per heavy atom. The number of carboxylic acid groups (broad SMARTS) is 1. The highest BCUT2D eigenvalue weighted by Crippen LogP contribution is 2.41. The summed E-state index contributed by atoms with van der Waals surface area (Å²) in [7, 11) is 0. The fourth-order valence-electron chi connectivity index (χ4n) is 2.91. The minimum atomic E-state index is -0.988. The van der Waals surface area contributed by atoms with Crippen molar-refractivity contribution in [2.45, 2.75) is 37.8 Å². The second kappa shape index (κ2) is 6.68. The van der Waals surface area contributed by atoms with Gasteiger partial charge in [0.15, 0.2) is 0 Å². The van der Waals surface area contributed by atoms with E-state index in [2.05, 4.69) is 5.10 Å². The highest BCUT2D eigenvalue weighted by atomic mass is 32.2. The summed E-state index contributed by atoms with van der Waals surface area (Å²) in [6.07, 6.45) is 0.980. The first-order valence-corrected chi connectivity index (χ1v) is 8.92. The zero-order valence-electron chi connectivity index (χ0n) is 13.6. The number of aryl methyl sites for hydroxylation is 1. The molecule has 0 fully saturated rings. The Balaban J connectivity index is 2.19. The Morgan fingerprint density at radius 2 is 2.04 bits per heavy atom. The Hall–Kier alpha value is -2.28. The minimum Gasteiger partial charge on any atom is -0.480 e. The average molecular weight is 345 g/mol. The van der Waals surface area contributed by atoms with E-state index in [1.54, 1.807) is 6.92 Å². The van der Waals surface area contributed by atoms with Crippen LogP contribution in [-0.4, -0.2) is 38.6 Å². The van der Waals surface area contributed by atoms with Gasteiger partial charge in [-0.15, -0.1) is 0 Å². The van der Waals surface area contributed by atoms with Crippen LogP contribution in [0.3, 0.4) is 0 Å². The Morgan fingerprint density at radius 3 is 2.62 bits per heavy atom. The molecule has 1 aliphatic heterocycles. The Bertz CT molecular complexity index is 773. The number of nitrogens with zero attached hydrogens (tertiary/aromatic N) is 3. The predicted octanol–water partition coefficient (Wildman–Crippen LogP) is 2.74. The summed E-state index contributed by atoms with van der Waals surface area (Å²) in [5, 5.41) is 15.0. The number of para-hydroxylation sites is 1. The molecule has 1 aliphatic rings. The summed E-state index contributed by atoms with van der Waals surface area (Å²) in [5.41, 5.74) is 2.30. The average Bonchev–Trinajstić information content (AvgIpc) is 2.96. The number of aliphatic carboxylic acids is 1. The molecular formula is C17H19N3O3S. The number of fused-ring (bicyclic) bond motifs is 1. The number of carbonyl (C=O) groups excluding carboxylic acids is 1. The van der Waals surface area contributed by atoms with Gasteiger partial charge in [0.05, 0.1) is 17.1 Å². The third-order valence-corrected chi connectivity index (χ3v) is 5.08. The largest absolute Gasteiger partial charge is 0.480 e. The van der Waals surface area contributed by atoms with Gasteiger partial charge in [-0.1, -0.05) is 43.8 Å². The second-order valence-electron chi connectivity index (χ2n) is 5.52. The van der Waals surface area contributed by atoms with Crippen LogP contribution in [0.5, 0.6) is 0 Å². The number of carbonyl (C=O) groups is 2. The topological polar surface area (TPSA) is 75.4 Å². The van der Waals surface area contributed by atoms with Crippen LogP contribution < -0.4 is 4.90 Å². The third kappa shape index (κ3) is 2.69. The van der Waals surface area contributed by atoms with E-state index in [1.807, 2.05) is 41.9 Å². The molecule has 1 aromatic carbocycles. The maximum absolute atomic E-state index is 12.5. The van der Waals surface area contributed by atoms with Crippen molar-refractivity contribution in [3.63, 3.8) is 0 Å².